The fraction of sp³-hybridized carbons (Fsp3) is 0.429. The van der Waals surface area contributed by atoms with Gasteiger partial charge >= 0.3 is 5.97 Å². The number of ether oxygens (including phenoxy) is 2. The molecule has 1 aliphatic heterocycles. The van der Waals surface area contributed by atoms with Gasteiger partial charge in [-0.1, -0.05) is 6.07 Å². The maximum absolute atomic E-state index is 11.6. The molecule has 2 N–H and O–H groups in total. The van der Waals surface area contributed by atoms with E-state index in [4.69, 9.17) is 9.47 Å². The molecule has 2 rings (SSSR count). The predicted molar refractivity (Wildman–Crippen MR) is 70.7 cm³/mol. The van der Waals surface area contributed by atoms with Crippen LogP contribution < -0.4 is 10.1 Å². The molecule has 6 heteroatoms. The van der Waals surface area contributed by atoms with Crippen molar-refractivity contribution in [2.24, 2.45) is 0 Å². The van der Waals surface area contributed by atoms with E-state index >= 15 is 0 Å². The highest BCUT2D eigenvalue weighted by Gasteiger charge is 2.24. The second-order valence-corrected chi connectivity index (χ2v) is 4.44. The minimum absolute atomic E-state index is 0.145. The van der Waals surface area contributed by atoms with Crippen molar-refractivity contribution < 1.29 is 24.2 Å². The lowest BCUT2D eigenvalue weighted by Crippen LogP contribution is -2.36. The van der Waals surface area contributed by atoms with E-state index in [1.54, 1.807) is 25.1 Å². The topological polar surface area (TPSA) is 84.9 Å². The van der Waals surface area contributed by atoms with Gasteiger partial charge in [-0.25, -0.2) is 4.79 Å². The van der Waals surface area contributed by atoms with Crippen molar-refractivity contribution in [2.45, 2.75) is 19.4 Å². The maximum Gasteiger partial charge on any atom is 0.330 e. The minimum atomic E-state index is -1.10. The molecule has 1 heterocycles. The van der Waals surface area contributed by atoms with Gasteiger partial charge in [0.15, 0.2) is 6.04 Å². The van der Waals surface area contributed by atoms with Crippen molar-refractivity contribution in [1.29, 1.82) is 0 Å². The largest absolute Gasteiger partial charge is 0.493 e. The summed E-state index contributed by atoms with van der Waals surface area (Å²) in [6, 6.07) is 4.09. The van der Waals surface area contributed by atoms with Crippen LogP contribution in [0, 0.1) is 0 Å². The number of carboxylic acid groups (broad SMARTS) is 1. The van der Waals surface area contributed by atoms with Crippen LogP contribution in [0.1, 0.15) is 24.1 Å². The second kappa shape index (κ2) is 6.38. The van der Waals surface area contributed by atoms with Crippen LogP contribution in [-0.4, -0.2) is 36.8 Å². The summed E-state index contributed by atoms with van der Waals surface area (Å²) in [5.41, 5.74) is 1.50. The van der Waals surface area contributed by atoms with E-state index in [2.05, 4.69) is 5.32 Å². The van der Waals surface area contributed by atoms with Crippen LogP contribution in [-0.2, 0) is 20.7 Å². The smallest absolute Gasteiger partial charge is 0.330 e. The summed E-state index contributed by atoms with van der Waals surface area (Å²) < 4.78 is 10.3. The summed E-state index contributed by atoms with van der Waals surface area (Å²) >= 11 is 0. The molecule has 0 radical (unpaired) electrons. The SMILES string of the molecule is CCOCC(=O)NC(C(=O)O)c1ccc2c(c1)CCO2. The van der Waals surface area contributed by atoms with Gasteiger partial charge in [0.2, 0.25) is 5.91 Å². The van der Waals surface area contributed by atoms with Crippen LogP contribution in [0.15, 0.2) is 18.2 Å². The van der Waals surface area contributed by atoms with Crippen molar-refractivity contribution in [3.63, 3.8) is 0 Å². The third-order valence-electron chi connectivity index (χ3n) is 3.04. The van der Waals surface area contributed by atoms with Crippen molar-refractivity contribution >= 4 is 11.9 Å². The quantitative estimate of drug-likeness (QED) is 0.808. The lowest BCUT2D eigenvalue weighted by atomic mass is 10.0. The van der Waals surface area contributed by atoms with Gasteiger partial charge in [-0.05, 0) is 30.2 Å². The molecular formula is C14H17NO5. The van der Waals surface area contributed by atoms with E-state index in [0.29, 0.717) is 18.8 Å². The molecule has 0 saturated heterocycles. The van der Waals surface area contributed by atoms with Crippen LogP contribution in [0.2, 0.25) is 0 Å². The Morgan fingerprint density at radius 3 is 3.00 bits per heavy atom. The molecule has 1 aromatic carbocycles. The summed E-state index contributed by atoms with van der Waals surface area (Å²) in [4.78, 5) is 22.9. The standard InChI is InChI=1S/C14H17NO5/c1-2-19-8-12(16)15-13(14(17)18)10-3-4-11-9(7-10)5-6-20-11/h3-4,7,13H,2,5-6,8H2,1H3,(H,15,16)(H,17,18). The average molecular weight is 279 g/mol. The van der Waals surface area contributed by atoms with Gasteiger partial charge in [0, 0.05) is 13.0 Å². The first-order valence-electron chi connectivity index (χ1n) is 6.47. The van der Waals surface area contributed by atoms with Crippen molar-refractivity contribution in [1.82, 2.24) is 5.32 Å². The highest BCUT2D eigenvalue weighted by Crippen LogP contribution is 2.28. The van der Waals surface area contributed by atoms with E-state index < -0.39 is 17.9 Å². The van der Waals surface area contributed by atoms with E-state index in [1.165, 1.54) is 0 Å². The molecule has 0 spiro atoms. The maximum atomic E-state index is 11.6. The van der Waals surface area contributed by atoms with Gasteiger partial charge in [0.1, 0.15) is 12.4 Å². The number of fused-ring (bicyclic) bond motifs is 1. The minimum Gasteiger partial charge on any atom is -0.493 e. The molecule has 1 atom stereocenters. The number of carboxylic acids is 1. The summed E-state index contributed by atoms with van der Waals surface area (Å²) in [6.07, 6.45) is 0.752. The normalized spacial score (nSPS) is 14.2. The molecule has 20 heavy (non-hydrogen) atoms. The molecule has 0 fully saturated rings. The molecule has 1 unspecified atom stereocenters. The third kappa shape index (κ3) is 3.27. The summed E-state index contributed by atoms with van der Waals surface area (Å²) in [7, 11) is 0. The number of hydrogen-bond acceptors (Lipinski definition) is 4. The zero-order chi connectivity index (χ0) is 14.5. The van der Waals surface area contributed by atoms with Crippen LogP contribution in [0.4, 0.5) is 0 Å². The Labute approximate surface area is 116 Å². The Morgan fingerprint density at radius 2 is 2.30 bits per heavy atom. The van der Waals surface area contributed by atoms with Crippen molar-refractivity contribution in [3.8, 4) is 5.75 Å². The second-order valence-electron chi connectivity index (χ2n) is 4.44. The van der Waals surface area contributed by atoms with Crippen molar-refractivity contribution in [3.05, 3.63) is 29.3 Å². The number of hydrogen-bond donors (Lipinski definition) is 2. The Balaban J connectivity index is 2.12. The molecule has 1 aliphatic rings. The van der Waals surface area contributed by atoms with Crippen LogP contribution in [0.5, 0.6) is 5.75 Å². The number of nitrogens with one attached hydrogen (secondary N) is 1. The van der Waals surface area contributed by atoms with Crippen LogP contribution in [0.25, 0.3) is 0 Å². The molecule has 1 aromatic rings. The predicted octanol–water partition coefficient (Wildman–Crippen LogP) is 0.900. The van der Waals surface area contributed by atoms with Gasteiger partial charge in [-0.3, -0.25) is 4.79 Å². The first-order valence-corrected chi connectivity index (χ1v) is 6.47. The van der Waals surface area contributed by atoms with Crippen LogP contribution >= 0.6 is 0 Å². The van der Waals surface area contributed by atoms with Gasteiger partial charge < -0.3 is 19.9 Å². The van der Waals surface area contributed by atoms with E-state index in [9.17, 15) is 14.7 Å². The number of carbonyl (C=O) groups excluding carboxylic acids is 1. The van der Waals surface area contributed by atoms with Gasteiger partial charge in [-0.2, -0.15) is 0 Å². The summed E-state index contributed by atoms with van der Waals surface area (Å²) in [5, 5.41) is 11.7. The number of carbonyl (C=O) groups is 2. The molecule has 0 aliphatic carbocycles. The van der Waals surface area contributed by atoms with E-state index in [-0.39, 0.29) is 6.61 Å². The van der Waals surface area contributed by atoms with Crippen molar-refractivity contribution in [2.75, 3.05) is 19.8 Å². The highest BCUT2D eigenvalue weighted by molar-refractivity contribution is 5.85. The fourth-order valence-corrected chi connectivity index (χ4v) is 2.07. The van der Waals surface area contributed by atoms with Gasteiger partial charge in [0.05, 0.1) is 6.61 Å². The molecule has 0 bridgehead atoms. The Morgan fingerprint density at radius 1 is 1.50 bits per heavy atom. The molecule has 1 amide bonds. The zero-order valence-corrected chi connectivity index (χ0v) is 11.2. The Kier molecular flexibility index (Phi) is 4.57. The number of benzene rings is 1. The summed E-state index contributed by atoms with van der Waals surface area (Å²) in [6.45, 7) is 2.63. The van der Waals surface area contributed by atoms with Crippen LogP contribution in [0.3, 0.4) is 0 Å². The summed E-state index contributed by atoms with van der Waals surface area (Å²) in [5.74, 6) is -0.775. The lowest BCUT2D eigenvalue weighted by molar-refractivity contribution is -0.142. The average Bonchev–Trinajstić information content (AvgIpc) is 2.89. The third-order valence-corrected chi connectivity index (χ3v) is 3.04. The first kappa shape index (κ1) is 14.3. The van der Waals surface area contributed by atoms with Gasteiger partial charge in [-0.15, -0.1) is 0 Å². The van der Waals surface area contributed by atoms with Gasteiger partial charge in [0.25, 0.3) is 0 Å². The highest BCUT2D eigenvalue weighted by atomic mass is 16.5. The zero-order valence-electron chi connectivity index (χ0n) is 11.2. The monoisotopic (exact) mass is 279 g/mol. The Hall–Kier alpha value is -2.08. The number of aliphatic carboxylic acids is 1. The molecular weight excluding hydrogens is 262 g/mol. The van der Waals surface area contributed by atoms with E-state index in [0.717, 1.165) is 17.7 Å². The first-order chi connectivity index (χ1) is 9.61. The molecule has 0 saturated carbocycles. The number of amides is 1. The lowest BCUT2D eigenvalue weighted by Gasteiger charge is -2.15. The molecule has 108 valence electrons. The molecule has 0 aromatic heterocycles. The van der Waals surface area contributed by atoms with E-state index in [1.807, 2.05) is 0 Å². The number of rotatable bonds is 6. The Bertz CT molecular complexity index is 514. The molecule has 6 nitrogen and oxygen atoms in total. The fourth-order valence-electron chi connectivity index (χ4n) is 2.07.